The molecule has 1 saturated heterocycles. The summed E-state index contributed by atoms with van der Waals surface area (Å²) in [5.41, 5.74) is 6.43. The van der Waals surface area contributed by atoms with E-state index in [1.54, 1.807) is 4.90 Å². The monoisotopic (exact) mass is 435 g/mol. The summed E-state index contributed by atoms with van der Waals surface area (Å²) in [7, 11) is 0. The maximum atomic E-state index is 13.7. The normalized spacial score (nSPS) is 20.2. The number of H-pyrrole nitrogens is 1. The summed E-state index contributed by atoms with van der Waals surface area (Å²) in [4.78, 5) is 34.4. The number of nitrogens with zero attached hydrogens (tertiary/aromatic N) is 2. The lowest BCUT2D eigenvalue weighted by atomic mass is 9.86. The molecule has 33 heavy (non-hydrogen) atoms. The summed E-state index contributed by atoms with van der Waals surface area (Å²) < 4.78 is 0. The van der Waals surface area contributed by atoms with Crippen LogP contribution in [0.15, 0.2) is 78.9 Å². The van der Waals surface area contributed by atoms with E-state index < -0.39 is 6.04 Å². The van der Waals surface area contributed by atoms with Crippen LogP contribution in [0.2, 0.25) is 0 Å². The standard InChI is InChI=1S/C28H25N3O2/c1-18-11-13-20(14-12-18)27-26-22(21-9-5-6-10-23(21)29-26)15-24-28(33)30(17-25(32)31(24)27)16-19-7-3-2-4-8-19/h2-14,24,27,29H,15-17H2,1H3/t24-,27?/m0/s1. The van der Waals surface area contributed by atoms with E-state index in [1.807, 2.05) is 47.4 Å². The molecule has 0 bridgehead atoms. The predicted molar refractivity (Wildman–Crippen MR) is 128 cm³/mol. The molecule has 2 aliphatic heterocycles. The number of amides is 2. The lowest BCUT2D eigenvalue weighted by Gasteiger charge is -2.47. The Morgan fingerprint density at radius 2 is 1.64 bits per heavy atom. The molecule has 6 rings (SSSR count). The minimum absolute atomic E-state index is 0.00888. The Labute approximate surface area is 192 Å². The molecule has 3 aromatic carbocycles. The van der Waals surface area contributed by atoms with Crippen molar-refractivity contribution >= 4 is 22.7 Å². The van der Waals surface area contributed by atoms with Gasteiger partial charge >= 0.3 is 0 Å². The number of benzene rings is 3. The van der Waals surface area contributed by atoms with Gasteiger partial charge in [-0.25, -0.2) is 0 Å². The van der Waals surface area contributed by atoms with E-state index in [2.05, 4.69) is 48.3 Å². The second-order valence-corrected chi connectivity index (χ2v) is 9.08. The lowest BCUT2D eigenvalue weighted by molar-refractivity contribution is -0.159. The topological polar surface area (TPSA) is 56.4 Å². The molecular weight excluding hydrogens is 410 g/mol. The van der Waals surface area contributed by atoms with Gasteiger partial charge in [0, 0.05) is 29.6 Å². The molecule has 2 atom stereocenters. The number of hydrogen-bond acceptors (Lipinski definition) is 2. The third-order valence-corrected chi connectivity index (χ3v) is 6.95. The molecule has 3 heterocycles. The number of hydrogen-bond donors (Lipinski definition) is 1. The fourth-order valence-corrected chi connectivity index (χ4v) is 5.36. The van der Waals surface area contributed by atoms with Gasteiger partial charge in [0.15, 0.2) is 0 Å². The molecule has 2 amide bonds. The zero-order valence-corrected chi connectivity index (χ0v) is 18.5. The van der Waals surface area contributed by atoms with Crippen LogP contribution in [0.3, 0.4) is 0 Å². The van der Waals surface area contributed by atoms with Crippen molar-refractivity contribution in [2.75, 3.05) is 6.54 Å². The van der Waals surface area contributed by atoms with Crippen molar-refractivity contribution in [3.63, 3.8) is 0 Å². The zero-order chi connectivity index (χ0) is 22.5. The second kappa shape index (κ2) is 7.62. The van der Waals surface area contributed by atoms with Gasteiger partial charge in [-0.1, -0.05) is 78.4 Å². The average Bonchev–Trinajstić information content (AvgIpc) is 3.21. The highest BCUT2D eigenvalue weighted by atomic mass is 16.2. The van der Waals surface area contributed by atoms with Gasteiger partial charge in [-0.2, -0.15) is 0 Å². The number of aryl methyl sites for hydroxylation is 1. The van der Waals surface area contributed by atoms with E-state index in [1.165, 1.54) is 0 Å². The van der Waals surface area contributed by atoms with E-state index >= 15 is 0 Å². The van der Waals surface area contributed by atoms with Gasteiger partial charge in [-0.15, -0.1) is 0 Å². The molecule has 1 fully saturated rings. The highest BCUT2D eigenvalue weighted by molar-refractivity contribution is 5.97. The molecule has 5 nitrogen and oxygen atoms in total. The first-order valence-electron chi connectivity index (χ1n) is 11.4. The highest BCUT2D eigenvalue weighted by Crippen LogP contribution is 2.42. The van der Waals surface area contributed by atoms with Gasteiger partial charge in [0.2, 0.25) is 11.8 Å². The number of carbonyl (C=O) groups is 2. The smallest absolute Gasteiger partial charge is 0.246 e. The van der Waals surface area contributed by atoms with E-state index in [9.17, 15) is 9.59 Å². The Morgan fingerprint density at radius 3 is 2.42 bits per heavy atom. The van der Waals surface area contributed by atoms with Crippen molar-refractivity contribution in [3.8, 4) is 0 Å². The fourth-order valence-electron chi connectivity index (χ4n) is 5.36. The molecule has 164 valence electrons. The molecular formula is C28H25N3O2. The van der Waals surface area contributed by atoms with Crippen LogP contribution < -0.4 is 0 Å². The van der Waals surface area contributed by atoms with Crippen molar-refractivity contribution in [2.45, 2.75) is 32.0 Å². The number of nitrogens with one attached hydrogen (secondary N) is 1. The number of aromatic nitrogens is 1. The van der Waals surface area contributed by atoms with E-state index in [0.29, 0.717) is 13.0 Å². The summed E-state index contributed by atoms with van der Waals surface area (Å²) in [6, 6.07) is 25.6. The molecule has 0 spiro atoms. The quantitative estimate of drug-likeness (QED) is 0.520. The van der Waals surface area contributed by atoms with E-state index in [0.717, 1.165) is 38.9 Å². The van der Waals surface area contributed by atoms with Crippen LogP contribution >= 0.6 is 0 Å². The Morgan fingerprint density at radius 1 is 0.909 bits per heavy atom. The zero-order valence-electron chi connectivity index (χ0n) is 18.5. The van der Waals surface area contributed by atoms with Crippen LogP contribution in [-0.4, -0.2) is 39.2 Å². The molecule has 4 aromatic rings. The first kappa shape index (κ1) is 19.8. The third kappa shape index (κ3) is 3.23. The van der Waals surface area contributed by atoms with Crippen molar-refractivity contribution in [3.05, 3.63) is 107 Å². The number of piperazine rings is 1. The van der Waals surface area contributed by atoms with Gasteiger partial charge in [0.1, 0.15) is 12.6 Å². The van der Waals surface area contributed by atoms with Crippen molar-refractivity contribution in [1.29, 1.82) is 0 Å². The Bertz CT molecular complexity index is 1360. The maximum Gasteiger partial charge on any atom is 0.246 e. The van der Waals surface area contributed by atoms with E-state index in [-0.39, 0.29) is 24.4 Å². The molecule has 1 N–H and O–H groups in total. The van der Waals surface area contributed by atoms with Crippen LogP contribution in [-0.2, 0) is 22.6 Å². The van der Waals surface area contributed by atoms with Gasteiger partial charge in [-0.3, -0.25) is 9.59 Å². The number of fused-ring (bicyclic) bond motifs is 4. The highest BCUT2D eigenvalue weighted by Gasteiger charge is 2.48. The van der Waals surface area contributed by atoms with Crippen molar-refractivity contribution in [1.82, 2.24) is 14.8 Å². The molecule has 2 aliphatic rings. The van der Waals surface area contributed by atoms with Gasteiger partial charge in [-0.05, 0) is 29.7 Å². The number of aromatic amines is 1. The van der Waals surface area contributed by atoms with E-state index in [4.69, 9.17) is 0 Å². The summed E-state index contributed by atoms with van der Waals surface area (Å²) in [6.45, 7) is 2.60. The third-order valence-electron chi connectivity index (χ3n) is 6.95. The largest absolute Gasteiger partial charge is 0.356 e. The average molecular weight is 436 g/mol. The predicted octanol–water partition coefficient (Wildman–Crippen LogP) is 4.36. The molecule has 0 radical (unpaired) electrons. The second-order valence-electron chi connectivity index (χ2n) is 9.08. The van der Waals surface area contributed by atoms with Gasteiger partial charge in [0.25, 0.3) is 0 Å². The van der Waals surface area contributed by atoms with Crippen LogP contribution in [0.4, 0.5) is 0 Å². The van der Waals surface area contributed by atoms with Crippen molar-refractivity contribution in [2.24, 2.45) is 0 Å². The van der Waals surface area contributed by atoms with Gasteiger partial charge in [0.05, 0.1) is 6.04 Å². The fraction of sp³-hybridized carbons (Fsp3) is 0.214. The minimum Gasteiger partial charge on any atom is -0.356 e. The molecule has 1 unspecified atom stereocenters. The Balaban J connectivity index is 1.46. The number of carbonyl (C=O) groups excluding carboxylic acids is 2. The molecule has 0 aliphatic carbocycles. The summed E-state index contributed by atoms with van der Waals surface area (Å²) >= 11 is 0. The van der Waals surface area contributed by atoms with Crippen LogP contribution in [0.1, 0.15) is 34.0 Å². The Hall–Kier alpha value is -3.86. The molecule has 0 saturated carbocycles. The first-order chi connectivity index (χ1) is 16.1. The maximum absolute atomic E-state index is 13.7. The minimum atomic E-state index is -0.507. The lowest BCUT2D eigenvalue weighted by Crippen LogP contribution is -2.62. The summed E-state index contributed by atoms with van der Waals surface area (Å²) in [5, 5.41) is 1.13. The van der Waals surface area contributed by atoms with Crippen LogP contribution in [0, 0.1) is 6.92 Å². The van der Waals surface area contributed by atoms with Crippen LogP contribution in [0.25, 0.3) is 10.9 Å². The number of rotatable bonds is 3. The van der Waals surface area contributed by atoms with Crippen LogP contribution in [0.5, 0.6) is 0 Å². The summed E-state index contributed by atoms with van der Waals surface area (Å²) in [6.07, 6.45) is 0.525. The first-order valence-corrected chi connectivity index (χ1v) is 11.4. The summed E-state index contributed by atoms with van der Waals surface area (Å²) in [5.74, 6) is 0.0110. The molecule has 5 heteroatoms. The number of para-hydroxylation sites is 1. The molecule has 1 aromatic heterocycles. The Kier molecular flexibility index (Phi) is 4.57. The van der Waals surface area contributed by atoms with Crippen molar-refractivity contribution < 1.29 is 9.59 Å². The van der Waals surface area contributed by atoms with Gasteiger partial charge < -0.3 is 14.8 Å². The SMILES string of the molecule is Cc1ccc(C2c3[nH]c4ccccc4c3C[C@H]3C(=O)N(Cc4ccccc4)CC(=O)N23)cc1.